The van der Waals surface area contributed by atoms with Gasteiger partial charge >= 0.3 is 0 Å². The van der Waals surface area contributed by atoms with Crippen molar-refractivity contribution in [3.63, 3.8) is 0 Å². The minimum Gasteiger partial charge on any atom is -0.392 e. The van der Waals surface area contributed by atoms with Gasteiger partial charge in [0.15, 0.2) is 6.29 Å². The normalized spacial score (nSPS) is 24.2. The average molecular weight is 437 g/mol. The smallest absolute Gasteiger partial charge is 0.184 e. The van der Waals surface area contributed by atoms with E-state index in [0.717, 1.165) is 41.8 Å². The Morgan fingerprint density at radius 1 is 0.969 bits per heavy atom. The van der Waals surface area contributed by atoms with Crippen molar-refractivity contribution in [2.75, 3.05) is 13.1 Å². The molecule has 0 amide bonds. The van der Waals surface area contributed by atoms with Crippen molar-refractivity contribution in [1.29, 1.82) is 0 Å². The number of ether oxygens (including phenoxy) is 2. The van der Waals surface area contributed by atoms with Crippen LogP contribution >= 0.6 is 0 Å². The summed E-state index contributed by atoms with van der Waals surface area (Å²) in [6, 6.07) is 16.9. The van der Waals surface area contributed by atoms with E-state index in [0.29, 0.717) is 12.6 Å². The summed E-state index contributed by atoms with van der Waals surface area (Å²) in [5, 5.41) is 9.39. The van der Waals surface area contributed by atoms with Gasteiger partial charge in [0, 0.05) is 37.7 Å². The average Bonchev–Trinajstić information content (AvgIpc) is 3.39. The van der Waals surface area contributed by atoms with Crippen LogP contribution in [0, 0.1) is 0 Å². The molecule has 1 aliphatic carbocycles. The number of nitrogens with zero attached hydrogens (tertiary/aromatic N) is 1. The van der Waals surface area contributed by atoms with Gasteiger partial charge in [0.2, 0.25) is 0 Å². The highest BCUT2D eigenvalue weighted by Gasteiger charge is 2.34. The van der Waals surface area contributed by atoms with Gasteiger partial charge in [-0.2, -0.15) is 0 Å². The lowest BCUT2D eigenvalue weighted by Crippen LogP contribution is -2.43. The van der Waals surface area contributed by atoms with Crippen molar-refractivity contribution in [1.82, 2.24) is 4.90 Å². The second-order valence-electron chi connectivity index (χ2n) is 8.98. The number of aliphatic hydroxyl groups is 1. The van der Waals surface area contributed by atoms with Crippen LogP contribution in [-0.2, 0) is 22.6 Å². The Labute approximate surface area is 191 Å². The van der Waals surface area contributed by atoms with E-state index in [9.17, 15) is 5.11 Å². The van der Waals surface area contributed by atoms with E-state index in [-0.39, 0.29) is 18.8 Å². The minimum atomic E-state index is -0.419. The van der Waals surface area contributed by atoms with Gasteiger partial charge in [-0.25, -0.2) is 0 Å². The Morgan fingerprint density at radius 3 is 2.25 bits per heavy atom. The van der Waals surface area contributed by atoms with Gasteiger partial charge in [-0.05, 0) is 29.5 Å². The molecule has 2 fully saturated rings. The predicted molar refractivity (Wildman–Crippen MR) is 127 cm³/mol. The summed E-state index contributed by atoms with van der Waals surface area (Å²) in [7, 11) is 0. The third-order valence-corrected chi connectivity index (χ3v) is 6.75. The molecule has 0 bridgehead atoms. The molecule has 2 aliphatic rings. The zero-order valence-electron chi connectivity index (χ0n) is 18.9. The van der Waals surface area contributed by atoms with Crippen molar-refractivity contribution in [3.8, 4) is 0 Å². The lowest BCUT2D eigenvalue weighted by atomic mass is 9.99. The Bertz CT molecular complexity index is 791. The lowest BCUT2D eigenvalue weighted by molar-refractivity contribution is -0.253. The molecule has 5 heteroatoms. The standard InChI is InChI=1S/C27H36N2O3/c1-2-15-29(24-5-3-4-6-24)18-25-16-26(22-11-9-21(19-30)10-12-22)32-27(31-25)23-13-7-20(17-28)8-14-23/h2,7-14,24-27,30H,1,3-6,15-19,28H2. The van der Waals surface area contributed by atoms with Crippen LogP contribution in [-0.4, -0.2) is 35.2 Å². The van der Waals surface area contributed by atoms with Crippen molar-refractivity contribution in [2.45, 2.75) is 69.8 Å². The topological polar surface area (TPSA) is 68.0 Å². The van der Waals surface area contributed by atoms with Crippen LogP contribution in [0.15, 0.2) is 61.2 Å². The van der Waals surface area contributed by atoms with Crippen molar-refractivity contribution < 1.29 is 14.6 Å². The largest absolute Gasteiger partial charge is 0.392 e. The summed E-state index contributed by atoms with van der Waals surface area (Å²) in [5.74, 6) is 0. The van der Waals surface area contributed by atoms with Crippen LogP contribution in [0.25, 0.3) is 0 Å². The van der Waals surface area contributed by atoms with E-state index in [1.807, 2.05) is 30.3 Å². The summed E-state index contributed by atoms with van der Waals surface area (Å²) in [6.45, 7) is 6.32. The van der Waals surface area contributed by atoms with Crippen molar-refractivity contribution in [3.05, 3.63) is 83.4 Å². The maximum absolute atomic E-state index is 9.39. The Balaban J connectivity index is 1.55. The van der Waals surface area contributed by atoms with Crippen LogP contribution in [0.4, 0.5) is 0 Å². The zero-order chi connectivity index (χ0) is 22.3. The molecule has 1 saturated carbocycles. The van der Waals surface area contributed by atoms with Crippen LogP contribution < -0.4 is 5.73 Å². The Hall–Kier alpha value is -2.02. The molecule has 3 N–H and O–H groups in total. The van der Waals surface area contributed by atoms with Crippen molar-refractivity contribution >= 4 is 0 Å². The summed E-state index contributed by atoms with van der Waals surface area (Å²) < 4.78 is 13.0. The molecule has 3 unspecified atom stereocenters. The maximum Gasteiger partial charge on any atom is 0.184 e. The third kappa shape index (κ3) is 5.66. The predicted octanol–water partition coefficient (Wildman–Crippen LogP) is 4.61. The van der Waals surface area contributed by atoms with Gasteiger partial charge in [-0.3, -0.25) is 4.90 Å². The van der Waals surface area contributed by atoms with E-state index in [1.54, 1.807) is 0 Å². The van der Waals surface area contributed by atoms with Crippen LogP contribution in [0.1, 0.15) is 66.8 Å². The van der Waals surface area contributed by atoms with Gasteiger partial charge in [0.1, 0.15) is 0 Å². The first-order valence-electron chi connectivity index (χ1n) is 11.8. The van der Waals surface area contributed by atoms with Gasteiger partial charge in [-0.15, -0.1) is 6.58 Å². The van der Waals surface area contributed by atoms with Crippen LogP contribution in [0.2, 0.25) is 0 Å². The fraction of sp³-hybridized carbons (Fsp3) is 0.481. The number of hydrogen-bond acceptors (Lipinski definition) is 5. The van der Waals surface area contributed by atoms with Crippen LogP contribution in [0.5, 0.6) is 0 Å². The van der Waals surface area contributed by atoms with E-state index < -0.39 is 6.29 Å². The first kappa shape index (κ1) is 23.1. The summed E-state index contributed by atoms with van der Waals surface area (Å²) >= 11 is 0. The van der Waals surface area contributed by atoms with Gasteiger partial charge in [0.05, 0.1) is 18.8 Å². The summed E-state index contributed by atoms with van der Waals surface area (Å²) in [6.07, 6.45) is 7.52. The zero-order valence-corrected chi connectivity index (χ0v) is 18.9. The molecule has 2 aromatic rings. The second kappa shape index (κ2) is 11.2. The number of benzene rings is 2. The Kier molecular flexibility index (Phi) is 8.11. The van der Waals surface area contributed by atoms with Gasteiger partial charge in [0.25, 0.3) is 0 Å². The minimum absolute atomic E-state index is 0.0472. The van der Waals surface area contributed by atoms with E-state index in [4.69, 9.17) is 15.2 Å². The highest BCUT2D eigenvalue weighted by molar-refractivity contribution is 5.26. The highest BCUT2D eigenvalue weighted by Crippen LogP contribution is 2.38. The molecule has 1 heterocycles. The lowest BCUT2D eigenvalue weighted by Gasteiger charge is -2.39. The molecule has 0 aromatic heterocycles. The second-order valence-corrected chi connectivity index (χ2v) is 8.98. The third-order valence-electron chi connectivity index (χ3n) is 6.75. The summed E-state index contributed by atoms with van der Waals surface area (Å²) in [4.78, 5) is 2.54. The SMILES string of the molecule is C=CCN(CC1CC(c2ccc(CO)cc2)OC(c2ccc(CN)cc2)O1)C1CCCC1. The molecular weight excluding hydrogens is 400 g/mol. The van der Waals surface area contributed by atoms with E-state index >= 15 is 0 Å². The highest BCUT2D eigenvalue weighted by atomic mass is 16.7. The fourth-order valence-electron chi connectivity index (χ4n) is 4.91. The summed E-state index contributed by atoms with van der Waals surface area (Å²) in [5.41, 5.74) is 9.91. The number of hydrogen-bond donors (Lipinski definition) is 2. The number of nitrogens with two attached hydrogens (primary N) is 1. The van der Waals surface area contributed by atoms with Crippen molar-refractivity contribution in [2.24, 2.45) is 5.73 Å². The fourth-order valence-corrected chi connectivity index (χ4v) is 4.91. The molecule has 1 saturated heterocycles. The molecule has 32 heavy (non-hydrogen) atoms. The van der Waals surface area contributed by atoms with Crippen LogP contribution in [0.3, 0.4) is 0 Å². The number of rotatable bonds is 9. The first-order chi connectivity index (χ1) is 15.7. The number of aliphatic hydroxyl groups excluding tert-OH is 1. The monoisotopic (exact) mass is 436 g/mol. The first-order valence-corrected chi connectivity index (χ1v) is 11.8. The van der Waals surface area contributed by atoms with E-state index in [1.165, 1.54) is 25.7 Å². The molecule has 3 atom stereocenters. The molecule has 172 valence electrons. The molecule has 0 spiro atoms. The maximum atomic E-state index is 9.39. The Morgan fingerprint density at radius 2 is 1.62 bits per heavy atom. The van der Waals surface area contributed by atoms with Gasteiger partial charge in [-0.1, -0.05) is 67.4 Å². The van der Waals surface area contributed by atoms with Gasteiger partial charge < -0.3 is 20.3 Å². The van der Waals surface area contributed by atoms with E-state index in [2.05, 4.69) is 35.7 Å². The molecule has 1 aliphatic heterocycles. The molecule has 2 aromatic carbocycles. The molecule has 0 radical (unpaired) electrons. The molecular formula is C27H36N2O3. The quantitative estimate of drug-likeness (QED) is 0.562. The molecule has 4 rings (SSSR count). The molecule has 5 nitrogen and oxygen atoms in total.